The first-order valence-corrected chi connectivity index (χ1v) is 9.05. The van der Waals surface area contributed by atoms with Crippen molar-refractivity contribution in [3.8, 4) is 0 Å². The van der Waals surface area contributed by atoms with Gasteiger partial charge in [-0.1, -0.05) is 17.7 Å². The van der Waals surface area contributed by atoms with E-state index in [4.69, 9.17) is 0 Å². The van der Waals surface area contributed by atoms with Gasteiger partial charge in [-0.3, -0.25) is 0 Å². The van der Waals surface area contributed by atoms with Crippen LogP contribution in [0.25, 0.3) is 0 Å². The summed E-state index contributed by atoms with van der Waals surface area (Å²) in [5, 5.41) is 12.5. The molecule has 0 aliphatic carbocycles. The molecular formula is C15H20N2O3S. The Hall–Kier alpha value is -0.950. The molecule has 4 aliphatic heterocycles. The second-order valence-electron chi connectivity index (χ2n) is 6.69. The van der Waals surface area contributed by atoms with Crippen molar-refractivity contribution in [3.63, 3.8) is 0 Å². The van der Waals surface area contributed by atoms with Crippen LogP contribution in [0.15, 0.2) is 29.2 Å². The lowest BCUT2D eigenvalue weighted by molar-refractivity contribution is -0.918. The fourth-order valence-electron chi connectivity index (χ4n) is 4.43. The molecule has 114 valence electrons. The molecule has 0 amide bonds. The molecule has 4 fully saturated rings. The molecular weight excluding hydrogens is 288 g/mol. The molecule has 0 spiro atoms. The lowest BCUT2D eigenvalue weighted by atomic mass is 9.76. The molecule has 6 heteroatoms. The van der Waals surface area contributed by atoms with Crippen LogP contribution in [0.4, 0.5) is 0 Å². The zero-order valence-electron chi connectivity index (χ0n) is 12.0. The molecule has 1 aromatic rings. The van der Waals surface area contributed by atoms with Gasteiger partial charge in [0.05, 0.1) is 17.0 Å². The van der Waals surface area contributed by atoms with E-state index in [2.05, 4.69) is 0 Å². The van der Waals surface area contributed by atoms with Crippen LogP contribution in [-0.4, -0.2) is 36.9 Å². The smallest absolute Gasteiger partial charge is 0.243 e. The Morgan fingerprint density at radius 1 is 1.05 bits per heavy atom. The maximum Gasteiger partial charge on any atom is 0.243 e. The Bertz CT molecular complexity index is 626. The second-order valence-corrected chi connectivity index (χ2v) is 8.54. The highest BCUT2D eigenvalue weighted by Crippen LogP contribution is 2.40. The summed E-state index contributed by atoms with van der Waals surface area (Å²) in [6.07, 6.45) is 2.88. The predicted molar refractivity (Wildman–Crippen MR) is 78.2 cm³/mol. The summed E-state index contributed by atoms with van der Waals surface area (Å²) >= 11 is 0. The number of hydrogen-bond donors (Lipinski definition) is 1. The van der Waals surface area contributed by atoms with Crippen LogP contribution < -0.4 is 5.06 Å². The van der Waals surface area contributed by atoms with E-state index in [0.29, 0.717) is 9.96 Å². The Labute approximate surface area is 125 Å². The van der Waals surface area contributed by atoms with Gasteiger partial charge in [-0.2, -0.15) is 4.31 Å². The van der Waals surface area contributed by atoms with Crippen LogP contribution in [0, 0.1) is 12.1 Å². The summed E-state index contributed by atoms with van der Waals surface area (Å²) in [7, 11) is -3.44. The molecule has 4 heterocycles. The predicted octanol–water partition coefficient (Wildman–Crippen LogP) is 0.444. The van der Waals surface area contributed by atoms with E-state index in [9.17, 15) is 13.6 Å². The van der Waals surface area contributed by atoms with Gasteiger partial charge in [-0.25, -0.2) is 8.42 Å². The maximum atomic E-state index is 13.0. The first-order chi connectivity index (χ1) is 9.96. The molecule has 4 aliphatic rings. The zero-order valence-corrected chi connectivity index (χ0v) is 12.8. The van der Waals surface area contributed by atoms with Gasteiger partial charge in [0, 0.05) is 37.8 Å². The molecule has 0 atom stereocenters. The van der Waals surface area contributed by atoms with Crippen molar-refractivity contribution in [2.24, 2.45) is 0 Å². The van der Waals surface area contributed by atoms with Crippen LogP contribution in [0.1, 0.15) is 31.2 Å². The SMILES string of the molecule is Cc1ccc(S(=O)(=O)N2C3CC4CC2CC(C3)[NH+]4[O-])cc1. The first-order valence-electron chi connectivity index (χ1n) is 7.61. The van der Waals surface area contributed by atoms with Gasteiger partial charge < -0.3 is 10.3 Å². The molecule has 1 N–H and O–H groups in total. The molecule has 21 heavy (non-hydrogen) atoms. The van der Waals surface area contributed by atoms with Gasteiger partial charge in [0.2, 0.25) is 10.0 Å². The van der Waals surface area contributed by atoms with Crippen LogP contribution in [-0.2, 0) is 10.0 Å². The Morgan fingerprint density at radius 2 is 1.52 bits per heavy atom. The minimum atomic E-state index is -3.44. The van der Waals surface area contributed by atoms with E-state index in [0.717, 1.165) is 31.2 Å². The number of nitrogens with zero attached hydrogens (tertiary/aromatic N) is 1. The lowest BCUT2D eigenvalue weighted by Crippen LogP contribution is -3.19. The van der Waals surface area contributed by atoms with E-state index < -0.39 is 10.0 Å². The summed E-state index contributed by atoms with van der Waals surface area (Å²) in [6.45, 7) is 1.95. The van der Waals surface area contributed by atoms with E-state index in [1.807, 2.05) is 19.1 Å². The van der Waals surface area contributed by atoms with Crippen molar-refractivity contribution < 1.29 is 13.5 Å². The highest BCUT2D eigenvalue weighted by atomic mass is 32.2. The minimum absolute atomic E-state index is 0.0245. The average Bonchev–Trinajstić information content (AvgIpc) is 2.43. The molecule has 0 unspecified atom stereocenters. The van der Waals surface area contributed by atoms with Gasteiger partial charge in [-0.05, 0) is 19.1 Å². The van der Waals surface area contributed by atoms with Crippen LogP contribution >= 0.6 is 0 Å². The third-order valence-corrected chi connectivity index (χ3v) is 7.37. The van der Waals surface area contributed by atoms with E-state index >= 15 is 0 Å². The standard InChI is InChI=1S/C15H20N2O3S/c1-10-2-4-15(5-3-10)21(19,20)17-13-6-11-7-14(17)9-12(8-13)16(11)18/h2-5,11-14,16H,6-9H2,1H3. The van der Waals surface area contributed by atoms with Gasteiger partial charge in [0.25, 0.3) is 0 Å². The summed E-state index contributed by atoms with van der Waals surface area (Å²) in [4.78, 5) is 0.381. The topological polar surface area (TPSA) is 64.9 Å². The fourth-order valence-corrected chi connectivity index (χ4v) is 6.29. The summed E-state index contributed by atoms with van der Waals surface area (Å²) in [5.41, 5.74) is 1.06. The third kappa shape index (κ3) is 1.97. The van der Waals surface area contributed by atoms with Crippen molar-refractivity contribution >= 4 is 10.0 Å². The van der Waals surface area contributed by atoms with E-state index in [-0.39, 0.29) is 24.2 Å². The van der Waals surface area contributed by atoms with Crippen molar-refractivity contribution in [3.05, 3.63) is 35.0 Å². The van der Waals surface area contributed by atoms with E-state index in [1.54, 1.807) is 16.4 Å². The van der Waals surface area contributed by atoms with Crippen molar-refractivity contribution in [1.29, 1.82) is 0 Å². The Balaban J connectivity index is 1.69. The van der Waals surface area contributed by atoms with Crippen LogP contribution in [0.5, 0.6) is 0 Å². The van der Waals surface area contributed by atoms with Gasteiger partial charge in [0.15, 0.2) is 0 Å². The summed E-state index contributed by atoms with van der Waals surface area (Å²) in [5.74, 6) is 0. The van der Waals surface area contributed by atoms with Gasteiger partial charge in [0.1, 0.15) is 0 Å². The maximum absolute atomic E-state index is 13.0. The normalized spacial score (nSPS) is 38.9. The number of hydroxylamine groups is 2. The van der Waals surface area contributed by atoms with Crippen LogP contribution in [0.2, 0.25) is 0 Å². The monoisotopic (exact) mass is 308 g/mol. The molecule has 0 saturated carbocycles. The summed E-state index contributed by atoms with van der Waals surface area (Å²) in [6, 6.07) is 7.34. The highest BCUT2D eigenvalue weighted by Gasteiger charge is 2.55. The average molecular weight is 308 g/mol. The number of piperidine rings is 4. The van der Waals surface area contributed by atoms with Crippen molar-refractivity contribution in [2.45, 2.75) is 61.7 Å². The number of sulfonamides is 1. The molecule has 1 aromatic carbocycles. The largest absolute Gasteiger partial charge is 0.634 e. The number of benzene rings is 1. The molecule has 0 radical (unpaired) electrons. The molecule has 5 rings (SSSR count). The number of rotatable bonds is 2. The molecule has 4 bridgehead atoms. The number of hydrogen-bond acceptors (Lipinski definition) is 3. The molecule has 4 saturated heterocycles. The van der Waals surface area contributed by atoms with Crippen molar-refractivity contribution in [1.82, 2.24) is 4.31 Å². The third-order valence-electron chi connectivity index (χ3n) is 5.35. The Kier molecular flexibility index (Phi) is 2.95. The van der Waals surface area contributed by atoms with Gasteiger partial charge >= 0.3 is 0 Å². The lowest BCUT2D eigenvalue weighted by Gasteiger charge is -2.59. The number of quaternary nitrogens is 1. The highest BCUT2D eigenvalue weighted by molar-refractivity contribution is 7.89. The molecule has 5 nitrogen and oxygen atoms in total. The van der Waals surface area contributed by atoms with Gasteiger partial charge in [-0.15, -0.1) is 0 Å². The number of aryl methyl sites for hydroxylation is 1. The van der Waals surface area contributed by atoms with E-state index in [1.165, 1.54) is 0 Å². The van der Waals surface area contributed by atoms with Crippen LogP contribution in [0.3, 0.4) is 0 Å². The fraction of sp³-hybridized carbons (Fsp3) is 0.600. The quantitative estimate of drug-likeness (QED) is 0.807. The van der Waals surface area contributed by atoms with Crippen molar-refractivity contribution in [2.75, 3.05) is 0 Å². The molecule has 0 aromatic heterocycles. The second kappa shape index (κ2) is 4.52. The minimum Gasteiger partial charge on any atom is -0.634 e. The summed E-state index contributed by atoms with van der Waals surface area (Å²) < 4.78 is 27.6. The zero-order chi connectivity index (χ0) is 14.8. The number of nitrogens with one attached hydrogen (secondary N) is 1. The first kappa shape index (κ1) is 13.7. The Morgan fingerprint density at radius 3 is 2.00 bits per heavy atom.